The van der Waals surface area contributed by atoms with Crippen molar-refractivity contribution < 1.29 is 4.79 Å². The number of likely N-dealkylation sites (N-methyl/N-ethyl adjacent to an activating group) is 1. The molecule has 1 aromatic carbocycles. The predicted octanol–water partition coefficient (Wildman–Crippen LogP) is 5.33. The highest BCUT2D eigenvalue weighted by Crippen LogP contribution is 2.25. The molecule has 10 heteroatoms. The van der Waals surface area contributed by atoms with E-state index in [0.717, 1.165) is 62.5 Å². The third-order valence-electron chi connectivity index (χ3n) is 6.52. The summed E-state index contributed by atoms with van der Waals surface area (Å²) >= 11 is 7.43. The molecule has 0 amide bonds. The molecule has 0 N–H and O–H groups in total. The summed E-state index contributed by atoms with van der Waals surface area (Å²) in [4.78, 5) is 41.3. The van der Waals surface area contributed by atoms with Crippen LogP contribution in [0.2, 0.25) is 5.02 Å². The topological polar surface area (TPSA) is 88.0 Å². The maximum Gasteiger partial charge on any atom is 0.229 e. The predicted molar refractivity (Wildman–Crippen MR) is 152 cm³/mol. The Morgan fingerprint density at radius 2 is 1.74 bits per heavy atom. The van der Waals surface area contributed by atoms with Gasteiger partial charge in [0.2, 0.25) is 11.1 Å². The number of carbonyl (C=O) groups is 1. The summed E-state index contributed by atoms with van der Waals surface area (Å²) in [6.07, 6.45) is 6.26. The quantitative estimate of drug-likeness (QED) is 0.168. The Balaban J connectivity index is 1.59. The molecule has 0 spiro atoms. The van der Waals surface area contributed by atoms with E-state index in [4.69, 9.17) is 21.6 Å². The molecule has 4 rings (SSSR count). The van der Waals surface area contributed by atoms with Crippen molar-refractivity contribution in [2.24, 2.45) is 0 Å². The first-order valence-corrected chi connectivity index (χ1v) is 14.6. The van der Waals surface area contributed by atoms with Gasteiger partial charge in [0.1, 0.15) is 11.5 Å². The molecule has 0 unspecified atom stereocenters. The lowest BCUT2D eigenvalue weighted by Gasteiger charge is -2.32. The number of unbranched alkanes of at least 4 members (excludes halogenated alkanes) is 3. The number of Topliss-reactive ketones (excluding diaryl/α,β-unsaturated/α-hetero) is 1. The summed E-state index contributed by atoms with van der Waals surface area (Å²) in [6.45, 7) is 7.92. The molecule has 3 heterocycles. The van der Waals surface area contributed by atoms with Crippen molar-refractivity contribution >= 4 is 35.1 Å². The minimum absolute atomic E-state index is 0.0608. The molecule has 1 fully saturated rings. The van der Waals surface area contributed by atoms with Crippen molar-refractivity contribution in [3.8, 4) is 0 Å². The van der Waals surface area contributed by atoms with Crippen molar-refractivity contribution in [3.05, 3.63) is 58.1 Å². The van der Waals surface area contributed by atoms with Crippen molar-refractivity contribution in [1.82, 2.24) is 29.8 Å². The number of carbonyl (C=O) groups excluding carboxylic acids is 1. The van der Waals surface area contributed by atoms with E-state index in [1.165, 1.54) is 24.6 Å². The molecule has 8 nitrogen and oxygen atoms in total. The highest BCUT2D eigenvalue weighted by molar-refractivity contribution is 7.99. The number of hydrogen-bond donors (Lipinski definition) is 0. The highest BCUT2D eigenvalue weighted by atomic mass is 35.5. The Morgan fingerprint density at radius 1 is 0.947 bits per heavy atom. The van der Waals surface area contributed by atoms with E-state index in [-0.39, 0.29) is 12.2 Å². The molecule has 1 aliphatic heterocycles. The van der Waals surface area contributed by atoms with Gasteiger partial charge in [-0.1, -0.05) is 56.8 Å². The van der Waals surface area contributed by atoms with Crippen molar-refractivity contribution in [1.29, 1.82) is 0 Å². The maximum absolute atomic E-state index is 13.3. The van der Waals surface area contributed by atoms with Crippen LogP contribution in [-0.2, 0) is 19.3 Å². The average Bonchev–Trinajstić information content (AvgIpc) is 2.91. The van der Waals surface area contributed by atoms with Crippen molar-refractivity contribution in [2.75, 3.05) is 38.1 Å². The van der Waals surface area contributed by atoms with Crippen LogP contribution in [0.3, 0.4) is 0 Å². The lowest BCUT2D eigenvalue weighted by Crippen LogP contribution is -2.45. The van der Waals surface area contributed by atoms with Gasteiger partial charge in [0.25, 0.3) is 0 Å². The van der Waals surface area contributed by atoms with Gasteiger partial charge in [-0.3, -0.25) is 4.79 Å². The number of benzene rings is 1. The van der Waals surface area contributed by atoms with Crippen LogP contribution in [0.1, 0.15) is 67.1 Å². The number of nitrogens with zero attached hydrogens (tertiary/aromatic N) is 7. The zero-order chi connectivity index (χ0) is 26.9. The SMILES string of the molecule is CCCCCCc1cc(C(=O)Cc2cccc(Cl)c2)nc(Sc2nc(CC)nc(N3CCN(C)CC3)n2)n1. The molecule has 1 aliphatic rings. The Morgan fingerprint density at radius 3 is 2.47 bits per heavy atom. The third kappa shape index (κ3) is 8.19. The van der Waals surface area contributed by atoms with Gasteiger partial charge < -0.3 is 9.80 Å². The first kappa shape index (κ1) is 28.4. The van der Waals surface area contributed by atoms with E-state index in [9.17, 15) is 4.79 Å². The normalized spacial score (nSPS) is 14.2. The molecular formula is C28H36ClN7OS. The molecule has 3 aromatic rings. The first-order chi connectivity index (χ1) is 18.4. The number of halogens is 1. The van der Waals surface area contributed by atoms with Crippen LogP contribution in [0.15, 0.2) is 40.6 Å². The van der Waals surface area contributed by atoms with Gasteiger partial charge in [0, 0.05) is 49.7 Å². The van der Waals surface area contributed by atoms with Gasteiger partial charge in [-0.25, -0.2) is 15.0 Å². The second-order valence-corrected chi connectivity index (χ2v) is 11.0. The Hall–Kier alpha value is -2.62. The highest BCUT2D eigenvalue weighted by Gasteiger charge is 2.20. The smallest absolute Gasteiger partial charge is 0.229 e. The van der Waals surface area contributed by atoms with Crippen LogP contribution in [0, 0.1) is 0 Å². The lowest BCUT2D eigenvalue weighted by atomic mass is 10.1. The Kier molecular flexibility index (Phi) is 10.4. The largest absolute Gasteiger partial charge is 0.338 e. The first-order valence-electron chi connectivity index (χ1n) is 13.5. The van der Waals surface area contributed by atoms with E-state index in [1.54, 1.807) is 6.07 Å². The molecule has 0 saturated carbocycles. The molecule has 0 atom stereocenters. The van der Waals surface area contributed by atoms with Crippen LogP contribution in [0.4, 0.5) is 5.95 Å². The number of aromatic nitrogens is 5. The van der Waals surface area contributed by atoms with Crippen molar-refractivity contribution in [2.45, 2.75) is 69.1 Å². The molecule has 202 valence electrons. The molecular weight excluding hydrogens is 518 g/mol. The monoisotopic (exact) mass is 553 g/mol. The van der Waals surface area contributed by atoms with Gasteiger partial charge in [0.05, 0.1) is 0 Å². The zero-order valence-corrected chi connectivity index (χ0v) is 24.1. The average molecular weight is 554 g/mol. The van der Waals surface area contributed by atoms with E-state index < -0.39 is 0 Å². The van der Waals surface area contributed by atoms with Crippen LogP contribution < -0.4 is 4.90 Å². The van der Waals surface area contributed by atoms with Gasteiger partial charge in [-0.2, -0.15) is 9.97 Å². The van der Waals surface area contributed by atoms with E-state index in [0.29, 0.717) is 33.4 Å². The Bertz CT molecular complexity index is 1230. The molecule has 38 heavy (non-hydrogen) atoms. The fraction of sp³-hybridized carbons (Fsp3) is 0.500. The number of hydrogen-bond acceptors (Lipinski definition) is 9. The number of rotatable bonds is 12. The summed E-state index contributed by atoms with van der Waals surface area (Å²) in [7, 11) is 2.13. The molecule has 0 aliphatic carbocycles. The molecule has 2 aromatic heterocycles. The minimum Gasteiger partial charge on any atom is -0.338 e. The molecule has 0 radical (unpaired) electrons. The molecule has 1 saturated heterocycles. The van der Waals surface area contributed by atoms with Gasteiger partial charge in [0.15, 0.2) is 10.9 Å². The third-order valence-corrected chi connectivity index (χ3v) is 7.48. The summed E-state index contributed by atoms with van der Waals surface area (Å²) < 4.78 is 0. The summed E-state index contributed by atoms with van der Waals surface area (Å²) in [5.74, 6) is 1.37. The summed E-state index contributed by atoms with van der Waals surface area (Å²) in [5.41, 5.74) is 2.15. The summed E-state index contributed by atoms with van der Waals surface area (Å²) in [6, 6.07) is 9.22. The zero-order valence-electron chi connectivity index (χ0n) is 22.5. The van der Waals surface area contributed by atoms with Crippen LogP contribution in [0.5, 0.6) is 0 Å². The fourth-order valence-corrected chi connectivity index (χ4v) is 5.23. The van der Waals surface area contributed by atoms with E-state index in [2.05, 4.69) is 38.7 Å². The number of aryl methyl sites for hydroxylation is 2. The maximum atomic E-state index is 13.3. The summed E-state index contributed by atoms with van der Waals surface area (Å²) in [5, 5.41) is 1.66. The number of anilines is 1. The molecule has 0 bridgehead atoms. The fourth-order valence-electron chi connectivity index (χ4n) is 4.27. The van der Waals surface area contributed by atoms with Gasteiger partial charge in [-0.15, -0.1) is 0 Å². The van der Waals surface area contributed by atoms with Gasteiger partial charge in [-0.05, 0) is 55.4 Å². The Labute approximate surface area is 234 Å². The number of piperazine rings is 1. The minimum atomic E-state index is -0.0608. The van der Waals surface area contributed by atoms with Gasteiger partial charge >= 0.3 is 0 Å². The van der Waals surface area contributed by atoms with Crippen molar-refractivity contribution in [3.63, 3.8) is 0 Å². The van der Waals surface area contributed by atoms with E-state index in [1.807, 2.05) is 31.2 Å². The standard InChI is InChI=1S/C28H36ClN7OS/c1-4-6-7-8-12-22-19-23(24(37)18-20-10-9-11-21(29)17-20)31-27(30-22)38-28-33-25(5-2)32-26(34-28)36-15-13-35(3)14-16-36/h9-11,17,19H,4-8,12-16,18H2,1-3H3. The van der Waals surface area contributed by atoms with Crippen LogP contribution in [0.25, 0.3) is 0 Å². The van der Waals surface area contributed by atoms with Crippen LogP contribution >= 0.6 is 23.4 Å². The number of ketones is 1. The van der Waals surface area contributed by atoms with Crippen LogP contribution in [-0.4, -0.2) is 68.8 Å². The second kappa shape index (κ2) is 14.0. The second-order valence-electron chi connectivity index (χ2n) is 9.65. The lowest BCUT2D eigenvalue weighted by molar-refractivity contribution is 0.0987. The van der Waals surface area contributed by atoms with E-state index >= 15 is 0 Å².